The molecule has 0 aliphatic heterocycles. The second-order valence-corrected chi connectivity index (χ2v) is 4.45. The van der Waals surface area contributed by atoms with Crippen LogP contribution in [0.4, 0.5) is 5.69 Å². The van der Waals surface area contributed by atoms with Crippen molar-refractivity contribution in [2.75, 3.05) is 12.8 Å². The van der Waals surface area contributed by atoms with Crippen molar-refractivity contribution >= 4 is 16.5 Å². The van der Waals surface area contributed by atoms with Crippen molar-refractivity contribution in [3.8, 4) is 16.9 Å². The fourth-order valence-corrected chi connectivity index (χ4v) is 2.45. The molecule has 94 valence electrons. The number of benzene rings is 3. The molecule has 3 aromatic rings. The van der Waals surface area contributed by atoms with Crippen LogP contribution in [0, 0.1) is 0 Å². The van der Waals surface area contributed by atoms with Crippen LogP contribution in [0.5, 0.6) is 5.75 Å². The third kappa shape index (κ3) is 1.91. The third-order valence-electron chi connectivity index (χ3n) is 3.34. The summed E-state index contributed by atoms with van der Waals surface area (Å²) in [6.07, 6.45) is 0. The standard InChI is InChI=1S/C17H15NO/c1-19-16-9-5-8-14-13(16)10-11-15(18)17(14)12-6-3-2-4-7-12/h2-11H,18H2,1H3. The molecule has 0 radical (unpaired) electrons. The van der Waals surface area contributed by atoms with E-state index in [1.807, 2.05) is 42.5 Å². The Balaban J connectivity index is 2.38. The Labute approximate surface area is 112 Å². The van der Waals surface area contributed by atoms with Gasteiger partial charge in [0.25, 0.3) is 0 Å². The number of hydrogen-bond acceptors (Lipinski definition) is 2. The molecule has 0 aliphatic rings. The van der Waals surface area contributed by atoms with E-state index in [0.29, 0.717) is 0 Å². The zero-order chi connectivity index (χ0) is 13.2. The number of nitrogens with two attached hydrogens (primary N) is 1. The van der Waals surface area contributed by atoms with Crippen LogP contribution in [-0.2, 0) is 0 Å². The van der Waals surface area contributed by atoms with Gasteiger partial charge in [-0.25, -0.2) is 0 Å². The Kier molecular flexibility index (Phi) is 2.84. The van der Waals surface area contributed by atoms with E-state index >= 15 is 0 Å². The van der Waals surface area contributed by atoms with Gasteiger partial charge in [0.15, 0.2) is 0 Å². The SMILES string of the molecule is COc1cccc2c(-c3ccccc3)c(N)ccc12. The minimum Gasteiger partial charge on any atom is -0.496 e. The molecule has 0 saturated heterocycles. The molecule has 2 nitrogen and oxygen atoms in total. The largest absolute Gasteiger partial charge is 0.496 e. The molecule has 3 aromatic carbocycles. The van der Waals surface area contributed by atoms with Crippen molar-refractivity contribution in [2.45, 2.75) is 0 Å². The summed E-state index contributed by atoms with van der Waals surface area (Å²) in [6.45, 7) is 0. The molecule has 0 fully saturated rings. The molecular weight excluding hydrogens is 234 g/mol. The molecule has 19 heavy (non-hydrogen) atoms. The van der Waals surface area contributed by atoms with Crippen LogP contribution in [-0.4, -0.2) is 7.11 Å². The highest BCUT2D eigenvalue weighted by Crippen LogP contribution is 2.37. The molecular formula is C17H15NO. The average molecular weight is 249 g/mol. The predicted octanol–water partition coefficient (Wildman–Crippen LogP) is 4.10. The van der Waals surface area contributed by atoms with Gasteiger partial charge in [0, 0.05) is 16.6 Å². The highest BCUT2D eigenvalue weighted by Gasteiger charge is 2.10. The lowest BCUT2D eigenvalue weighted by molar-refractivity contribution is 0.420. The van der Waals surface area contributed by atoms with Crippen LogP contribution in [0.3, 0.4) is 0 Å². The highest BCUT2D eigenvalue weighted by atomic mass is 16.5. The molecule has 0 amide bonds. The fraction of sp³-hybridized carbons (Fsp3) is 0.0588. The maximum Gasteiger partial charge on any atom is 0.126 e. The average Bonchev–Trinajstić information content (AvgIpc) is 2.47. The first-order chi connectivity index (χ1) is 9.31. The maximum absolute atomic E-state index is 6.17. The van der Waals surface area contributed by atoms with E-state index in [1.54, 1.807) is 7.11 Å². The number of anilines is 1. The summed E-state index contributed by atoms with van der Waals surface area (Å²) in [5.74, 6) is 0.870. The zero-order valence-electron chi connectivity index (χ0n) is 10.8. The maximum atomic E-state index is 6.17. The quantitative estimate of drug-likeness (QED) is 0.694. The summed E-state index contributed by atoms with van der Waals surface area (Å²) in [5.41, 5.74) is 9.14. The Morgan fingerprint density at radius 1 is 0.789 bits per heavy atom. The number of hydrogen-bond donors (Lipinski definition) is 1. The third-order valence-corrected chi connectivity index (χ3v) is 3.34. The molecule has 0 aliphatic carbocycles. The van der Waals surface area contributed by atoms with E-state index in [2.05, 4.69) is 18.2 Å². The van der Waals surface area contributed by atoms with Crippen LogP contribution in [0.1, 0.15) is 0 Å². The lowest BCUT2D eigenvalue weighted by Gasteiger charge is -2.12. The lowest BCUT2D eigenvalue weighted by Crippen LogP contribution is -1.93. The van der Waals surface area contributed by atoms with Crippen LogP contribution in [0.2, 0.25) is 0 Å². The smallest absolute Gasteiger partial charge is 0.126 e. The molecule has 0 heterocycles. The van der Waals surface area contributed by atoms with Gasteiger partial charge in [0.2, 0.25) is 0 Å². The molecule has 0 saturated carbocycles. The Morgan fingerprint density at radius 2 is 1.58 bits per heavy atom. The summed E-state index contributed by atoms with van der Waals surface area (Å²) < 4.78 is 5.42. The minimum atomic E-state index is 0.784. The van der Waals surface area contributed by atoms with E-state index in [9.17, 15) is 0 Å². The molecule has 0 bridgehead atoms. The van der Waals surface area contributed by atoms with Gasteiger partial charge >= 0.3 is 0 Å². The summed E-state index contributed by atoms with van der Waals surface area (Å²) in [6, 6.07) is 20.2. The van der Waals surface area contributed by atoms with Crippen LogP contribution in [0.15, 0.2) is 60.7 Å². The normalized spacial score (nSPS) is 10.6. The molecule has 2 N–H and O–H groups in total. The van der Waals surface area contributed by atoms with E-state index in [-0.39, 0.29) is 0 Å². The van der Waals surface area contributed by atoms with Crippen molar-refractivity contribution in [3.63, 3.8) is 0 Å². The molecule has 0 atom stereocenters. The van der Waals surface area contributed by atoms with Gasteiger partial charge in [0.1, 0.15) is 5.75 Å². The second-order valence-electron chi connectivity index (χ2n) is 4.45. The summed E-state index contributed by atoms with van der Waals surface area (Å²) in [4.78, 5) is 0. The Hall–Kier alpha value is -2.48. The first-order valence-electron chi connectivity index (χ1n) is 6.22. The van der Waals surface area contributed by atoms with Crippen molar-refractivity contribution in [3.05, 3.63) is 60.7 Å². The fourth-order valence-electron chi connectivity index (χ4n) is 2.45. The number of methoxy groups -OCH3 is 1. The van der Waals surface area contributed by atoms with Crippen molar-refractivity contribution in [2.24, 2.45) is 0 Å². The predicted molar refractivity (Wildman–Crippen MR) is 80.3 cm³/mol. The molecule has 0 aromatic heterocycles. The van der Waals surface area contributed by atoms with Gasteiger partial charge in [-0.3, -0.25) is 0 Å². The minimum absolute atomic E-state index is 0.784. The van der Waals surface area contributed by atoms with Crippen molar-refractivity contribution < 1.29 is 4.74 Å². The van der Waals surface area contributed by atoms with Gasteiger partial charge in [-0.15, -0.1) is 0 Å². The van der Waals surface area contributed by atoms with Gasteiger partial charge < -0.3 is 10.5 Å². The number of nitrogen functional groups attached to an aromatic ring is 1. The first-order valence-corrected chi connectivity index (χ1v) is 6.22. The summed E-state index contributed by atoms with van der Waals surface area (Å²) in [7, 11) is 1.69. The molecule has 3 rings (SSSR count). The van der Waals surface area contributed by atoms with Gasteiger partial charge in [0.05, 0.1) is 7.11 Å². The molecule has 0 unspecified atom stereocenters. The topological polar surface area (TPSA) is 35.2 Å². The summed E-state index contributed by atoms with van der Waals surface area (Å²) >= 11 is 0. The number of rotatable bonds is 2. The zero-order valence-corrected chi connectivity index (χ0v) is 10.8. The highest BCUT2D eigenvalue weighted by molar-refractivity contribution is 6.04. The van der Waals surface area contributed by atoms with E-state index in [0.717, 1.165) is 33.3 Å². The molecule has 0 spiro atoms. The molecule has 2 heteroatoms. The number of fused-ring (bicyclic) bond motifs is 1. The Bertz CT molecular complexity index is 720. The van der Waals surface area contributed by atoms with Crippen LogP contribution in [0.25, 0.3) is 21.9 Å². The van der Waals surface area contributed by atoms with Gasteiger partial charge in [-0.2, -0.15) is 0 Å². The monoisotopic (exact) mass is 249 g/mol. The van der Waals surface area contributed by atoms with E-state index in [4.69, 9.17) is 10.5 Å². The second kappa shape index (κ2) is 4.65. The van der Waals surface area contributed by atoms with Crippen molar-refractivity contribution in [1.82, 2.24) is 0 Å². The van der Waals surface area contributed by atoms with Gasteiger partial charge in [-0.1, -0.05) is 42.5 Å². The van der Waals surface area contributed by atoms with Crippen LogP contribution >= 0.6 is 0 Å². The first kappa shape index (κ1) is 11.6. The van der Waals surface area contributed by atoms with Gasteiger partial charge in [-0.05, 0) is 29.1 Å². The number of ether oxygens (including phenoxy) is 1. The van der Waals surface area contributed by atoms with Crippen LogP contribution < -0.4 is 10.5 Å². The Morgan fingerprint density at radius 3 is 2.32 bits per heavy atom. The van der Waals surface area contributed by atoms with E-state index in [1.165, 1.54) is 0 Å². The lowest BCUT2D eigenvalue weighted by atomic mass is 9.96. The van der Waals surface area contributed by atoms with Crippen molar-refractivity contribution in [1.29, 1.82) is 0 Å². The summed E-state index contributed by atoms with van der Waals surface area (Å²) in [5, 5.41) is 2.20. The van der Waals surface area contributed by atoms with E-state index < -0.39 is 0 Å².